The van der Waals surface area contributed by atoms with Gasteiger partial charge in [0.1, 0.15) is 0 Å². The van der Waals surface area contributed by atoms with Crippen molar-refractivity contribution in [3.05, 3.63) is 115 Å². The highest BCUT2D eigenvalue weighted by molar-refractivity contribution is 7.60. The van der Waals surface area contributed by atoms with Gasteiger partial charge < -0.3 is 9.79 Å². The first-order valence-corrected chi connectivity index (χ1v) is 11.3. The molecule has 0 unspecified atom stereocenters. The summed E-state index contributed by atoms with van der Waals surface area (Å²) in [6.07, 6.45) is 8.20. The summed E-state index contributed by atoms with van der Waals surface area (Å²) in [5.41, 5.74) is 4.53. The highest BCUT2D eigenvalue weighted by atomic mass is 31.2. The summed E-state index contributed by atoms with van der Waals surface area (Å²) in [6.45, 7) is 1.48. The van der Waals surface area contributed by atoms with Gasteiger partial charge in [-0.05, 0) is 23.3 Å². The minimum Gasteiger partial charge on any atom is -0.321 e. The maximum Gasteiger partial charge on any atom is 0.356 e. The number of hydrogen-bond donors (Lipinski definition) is 2. The number of aromatic nitrogens is 2. The number of hydrogen-bond acceptors (Lipinski definition) is 1. The Balaban J connectivity index is 1.42. The predicted octanol–water partition coefficient (Wildman–Crippen LogP) is 2.83. The van der Waals surface area contributed by atoms with Crippen molar-refractivity contribution in [2.24, 2.45) is 0 Å². The fraction of sp³-hybridized carbons (Fsp3) is 0.0833. The van der Waals surface area contributed by atoms with E-state index in [2.05, 4.69) is 65.5 Å². The first-order valence-electron chi connectivity index (χ1n) is 9.65. The lowest BCUT2D eigenvalue weighted by molar-refractivity contribution is -0.688. The Morgan fingerprint density at radius 2 is 1.03 bits per heavy atom. The third kappa shape index (κ3) is 5.08. The third-order valence-electron chi connectivity index (χ3n) is 4.96. The van der Waals surface area contributed by atoms with Crippen molar-refractivity contribution in [1.82, 2.24) is 0 Å². The van der Waals surface area contributed by atoms with Crippen LogP contribution in [0.2, 0.25) is 0 Å². The summed E-state index contributed by atoms with van der Waals surface area (Å²) < 4.78 is 15.5. The second kappa shape index (κ2) is 8.72. The van der Waals surface area contributed by atoms with E-state index >= 15 is 0 Å². The van der Waals surface area contributed by atoms with Gasteiger partial charge in [-0.3, -0.25) is 4.57 Å². The predicted molar refractivity (Wildman–Crippen MR) is 115 cm³/mol. The van der Waals surface area contributed by atoms with Crippen molar-refractivity contribution >= 4 is 12.9 Å². The summed E-state index contributed by atoms with van der Waals surface area (Å²) in [4.78, 5) is 18.4. The van der Waals surface area contributed by atoms with E-state index in [4.69, 9.17) is 0 Å². The smallest absolute Gasteiger partial charge is 0.321 e. The normalized spacial score (nSPS) is 11.4. The average Bonchev–Trinajstić information content (AvgIpc) is 2.75. The lowest BCUT2D eigenvalue weighted by Crippen LogP contribution is -2.33. The molecule has 4 aromatic rings. The molecule has 5 nitrogen and oxygen atoms in total. The number of nitrogens with zero attached hydrogens (tertiary/aromatic N) is 2. The molecule has 0 bridgehead atoms. The molecule has 30 heavy (non-hydrogen) atoms. The summed E-state index contributed by atoms with van der Waals surface area (Å²) in [5.74, 6) is 0. The van der Waals surface area contributed by atoms with Crippen LogP contribution in [0.25, 0.3) is 11.1 Å². The molecule has 0 aliphatic carbocycles. The molecule has 0 spiro atoms. The molecule has 0 amide bonds. The van der Waals surface area contributed by atoms with Crippen LogP contribution in [-0.4, -0.2) is 9.79 Å². The first kappa shape index (κ1) is 20.2. The summed E-state index contributed by atoms with van der Waals surface area (Å²) in [6, 6.07) is 25.2. The van der Waals surface area contributed by atoms with Crippen molar-refractivity contribution < 1.29 is 23.5 Å². The van der Waals surface area contributed by atoms with E-state index in [1.165, 1.54) is 17.7 Å². The summed E-state index contributed by atoms with van der Waals surface area (Å²) in [5, 5.41) is 0.0418. The Morgan fingerprint density at radius 3 is 1.47 bits per heavy atom. The van der Waals surface area contributed by atoms with Crippen molar-refractivity contribution in [2.75, 3.05) is 0 Å². The van der Waals surface area contributed by atoms with E-state index in [0.717, 1.165) is 23.2 Å². The van der Waals surface area contributed by atoms with Crippen LogP contribution in [0, 0.1) is 0 Å². The van der Waals surface area contributed by atoms with Crippen LogP contribution in [0.5, 0.6) is 0 Å². The van der Waals surface area contributed by atoms with E-state index in [9.17, 15) is 14.4 Å². The van der Waals surface area contributed by atoms with Crippen LogP contribution >= 0.6 is 7.60 Å². The van der Waals surface area contributed by atoms with E-state index in [-0.39, 0.29) is 5.30 Å². The van der Waals surface area contributed by atoms with Crippen LogP contribution in [0.4, 0.5) is 0 Å². The lowest BCUT2D eigenvalue weighted by atomic mass is 10.1. The fourth-order valence-corrected chi connectivity index (χ4v) is 3.85. The van der Waals surface area contributed by atoms with Crippen molar-refractivity contribution in [1.29, 1.82) is 0 Å². The standard InChI is InChI=1S/C24H21N2O3P/c27-30(28,29)24-8-6-21(7-9-24)19-26-16-12-23(13-17-26)22-10-14-25(15-11-22)18-20-4-2-1-3-5-20/h1-17H,18-19H2/p+2. The molecule has 0 radical (unpaired) electrons. The van der Waals surface area contributed by atoms with E-state index in [1.54, 1.807) is 12.1 Å². The maximum absolute atomic E-state index is 11.3. The molecule has 2 aromatic heterocycles. The van der Waals surface area contributed by atoms with Gasteiger partial charge in [0.05, 0.1) is 5.30 Å². The van der Waals surface area contributed by atoms with Gasteiger partial charge in [0, 0.05) is 35.4 Å². The molecule has 0 aliphatic heterocycles. The molecule has 0 saturated heterocycles. The highest BCUT2D eigenvalue weighted by Crippen LogP contribution is 2.32. The van der Waals surface area contributed by atoms with Crippen molar-refractivity contribution in [2.45, 2.75) is 13.1 Å². The fourth-order valence-electron chi connectivity index (χ4n) is 3.31. The maximum atomic E-state index is 11.3. The minimum atomic E-state index is -4.19. The minimum absolute atomic E-state index is 0.0418. The van der Waals surface area contributed by atoms with Crippen molar-refractivity contribution in [3.8, 4) is 11.1 Å². The SMILES string of the molecule is O=P(O)(O)c1ccc(C[n+]2ccc(-c3cc[n+](Cc4ccccc4)cc3)cc2)cc1. The Hall–Kier alpha value is -3.11. The number of benzene rings is 2. The monoisotopic (exact) mass is 418 g/mol. The van der Waals surface area contributed by atoms with Crippen LogP contribution in [0.3, 0.4) is 0 Å². The third-order valence-corrected chi connectivity index (χ3v) is 5.93. The van der Waals surface area contributed by atoms with Gasteiger partial charge in [-0.1, -0.05) is 42.5 Å². The van der Waals surface area contributed by atoms with Crippen LogP contribution in [0.15, 0.2) is 104 Å². The molecule has 0 saturated carbocycles. The van der Waals surface area contributed by atoms with Gasteiger partial charge in [0.2, 0.25) is 0 Å². The van der Waals surface area contributed by atoms with Crippen LogP contribution in [-0.2, 0) is 17.7 Å². The van der Waals surface area contributed by atoms with E-state index < -0.39 is 7.60 Å². The first-order chi connectivity index (χ1) is 14.5. The largest absolute Gasteiger partial charge is 0.356 e. The second-order valence-electron chi connectivity index (χ2n) is 7.21. The molecule has 4 rings (SSSR count). The Labute approximate surface area is 175 Å². The molecule has 2 N–H and O–H groups in total. The van der Waals surface area contributed by atoms with Crippen LogP contribution < -0.4 is 14.4 Å². The molecule has 6 heteroatoms. The van der Waals surface area contributed by atoms with Crippen LogP contribution in [0.1, 0.15) is 11.1 Å². The zero-order valence-corrected chi connectivity index (χ0v) is 17.3. The molecule has 2 aromatic carbocycles. The molecule has 150 valence electrons. The molecule has 2 heterocycles. The molecule has 0 fully saturated rings. The molecule has 0 atom stereocenters. The number of rotatable bonds is 6. The topological polar surface area (TPSA) is 65.3 Å². The summed E-state index contributed by atoms with van der Waals surface area (Å²) in [7, 11) is -4.19. The molecular weight excluding hydrogens is 395 g/mol. The van der Waals surface area contributed by atoms with E-state index in [0.29, 0.717) is 6.54 Å². The van der Waals surface area contributed by atoms with Crippen molar-refractivity contribution in [3.63, 3.8) is 0 Å². The zero-order valence-electron chi connectivity index (χ0n) is 16.4. The molecular formula is C24H23N2O3P+2. The zero-order chi connectivity index (χ0) is 21.0. The van der Waals surface area contributed by atoms with Gasteiger partial charge in [0.25, 0.3) is 0 Å². The van der Waals surface area contributed by atoms with Gasteiger partial charge >= 0.3 is 7.60 Å². The Kier molecular flexibility index (Phi) is 5.86. The lowest BCUT2D eigenvalue weighted by Gasteiger charge is -2.05. The summed E-state index contributed by atoms with van der Waals surface area (Å²) >= 11 is 0. The van der Waals surface area contributed by atoms with Gasteiger partial charge in [-0.25, -0.2) is 9.13 Å². The molecule has 0 aliphatic rings. The van der Waals surface area contributed by atoms with Gasteiger partial charge in [-0.2, -0.15) is 0 Å². The Morgan fingerprint density at radius 1 is 0.600 bits per heavy atom. The van der Waals surface area contributed by atoms with Gasteiger partial charge in [0.15, 0.2) is 37.9 Å². The second-order valence-corrected chi connectivity index (χ2v) is 8.82. The van der Waals surface area contributed by atoms with Gasteiger partial charge in [-0.15, -0.1) is 0 Å². The quantitative estimate of drug-likeness (QED) is 0.374. The van der Waals surface area contributed by atoms with E-state index in [1.807, 2.05) is 23.0 Å². The highest BCUT2D eigenvalue weighted by Gasteiger charge is 2.16. The number of pyridine rings is 2. The Bertz CT molecular complexity index is 1150. The average molecular weight is 418 g/mol.